The molecule has 0 aliphatic carbocycles. The Morgan fingerprint density at radius 3 is 2.72 bits per heavy atom. The van der Waals surface area contributed by atoms with Crippen LogP contribution in [0, 0.1) is 10.1 Å². The minimum absolute atomic E-state index is 0.141. The summed E-state index contributed by atoms with van der Waals surface area (Å²) in [5.74, 6) is -1.17. The van der Waals surface area contributed by atoms with Crippen LogP contribution in [0.1, 0.15) is 11.1 Å². The van der Waals surface area contributed by atoms with Gasteiger partial charge in [-0.3, -0.25) is 14.9 Å². The van der Waals surface area contributed by atoms with Crippen LogP contribution in [0.3, 0.4) is 0 Å². The second kappa shape index (κ2) is 10.2. The number of hydrogen-bond donors (Lipinski definition) is 2. The molecular weight excluding hydrogens is 450 g/mol. The first-order valence-corrected chi connectivity index (χ1v) is 8.87. The predicted octanol–water partition coefficient (Wildman–Crippen LogP) is 2.52. The van der Waals surface area contributed by atoms with E-state index in [1.165, 1.54) is 31.5 Å². The van der Waals surface area contributed by atoms with Gasteiger partial charge >= 0.3 is 5.97 Å². The van der Waals surface area contributed by atoms with E-state index in [0.717, 1.165) is 0 Å². The third kappa shape index (κ3) is 6.28. The normalized spacial score (nSPS) is 10.6. The number of methoxy groups -OCH3 is 1. The average molecular weight is 466 g/mol. The summed E-state index contributed by atoms with van der Waals surface area (Å²) < 4.78 is 10.8. The maximum absolute atomic E-state index is 12.0. The maximum atomic E-state index is 12.0. The SMILES string of the molecule is COc1cc(C=NNC(=O)Cc2ccccc2[N+](=O)[O-])cc(Br)c1OCC(=O)O. The molecule has 11 heteroatoms. The van der Waals surface area contributed by atoms with E-state index in [1.54, 1.807) is 18.2 Å². The van der Waals surface area contributed by atoms with Crippen molar-refractivity contribution in [1.82, 2.24) is 5.43 Å². The Kier molecular flexibility index (Phi) is 7.66. The number of halogens is 1. The zero-order chi connectivity index (χ0) is 21.4. The third-order valence-electron chi connectivity index (χ3n) is 3.53. The van der Waals surface area contributed by atoms with Gasteiger partial charge in [-0.05, 0) is 33.6 Å². The largest absolute Gasteiger partial charge is 0.493 e. The number of nitro groups is 1. The van der Waals surface area contributed by atoms with E-state index in [9.17, 15) is 19.7 Å². The van der Waals surface area contributed by atoms with Gasteiger partial charge in [-0.1, -0.05) is 18.2 Å². The molecule has 0 bridgehead atoms. The second-order valence-corrected chi connectivity index (χ2v) is 6.43. The van der Waals surface area contributed by atoms with Crippen molar-refractivity contribution in [3.63, 3.8) is 0 Å². The average Bonchev–Trinajstić information content (AvgIpc) is 2.66. The number of hydrogen-bond acceptors (Lipinski definition) is 7. The van der Waals surface area contributed by atoms with Gasteiger partial charge in [0.2, 0.25) is 5.91 Å². The molecule has 29 heavy (non-hydrogen) atoms. The molecule has 0 aliphatic rings. The number of carbonyl (C=O) groups excluding carboxylic acids is 1. The fraction of sp³-hybridized carbons (Fsp3) is 0.167. The Hall–Kier alpha value is -3.47. The van der Waals surface area contributed by atoms with Crippen LogP contribution >= 0.6 is 15.9 Å². The number of nitrogens with zero attached hydrogens (tertiary/aromatic N) is 2. The Morgan fingerprint density at radius 1 is 1.34 bits per heavy atom. The van der Waals surface area contributed by atoms with Gasteiger partial charge in [0.05, 0.1) is 29.1 Å². The smallest absolute Gasteiger partial charge is 0.341 e. The Morgan fingerprint density at radius 2 is 2.07 bits per heavy atom. The van der Waals surface area contributed by atoms with Crippen molar-refractivity contribution in [3.05, 3.63) is 62.1 Å². The fourth-order valence-electron chi connectivity index (χ4n) is 2.32. The van der Waals surface area contributed by atoms with Crippen molar-refractivity contribution in [1.29, 1.82) is 0 Å². The molecule has 1 amide bonds. The lowest BCUT2D eigenvalue weighted by Gasteiger charge is -2.12. The van der Waals surface area contributed by atoms with Gasteiger partial charge in [-0.15, -0.1) is 0 Å². The van der Waals surface area contributed by atoms with Crippen LogP contribution < -0.4 is 14.9 Å². The summed E-state index contributed by atoms with van der Waals surface area (Å²) in [4.78, 5) is 33.1. The molecule has 0 atom stereocenters. The van der Waals surface area contributed by atoms with E-state index in [2.05, 4.69) is 26.5 Å². The number of rotatable bonds is 9. The highest BCUT2D eigenvalue weighted by Gasteiger charge is 2.15. The lowest BCUT2D eigenvalue weighted by Crippen LogP contribution is -2.20. The topological polar surface area (TPSA) is 140 Å². The summed E-state index contributed by atoms with van der Waals surface area (Å²) in [7, 11) is 1.39. The number of nitrogens with one attached hydrogen (secondary N) is 1. The fourth-order valence-corrected chi connectivity index (χ4v) is 2.89. The number of amides is 1. The van der Waals surface area contributed by atoms with Crippen LogP contribution in [0.4, 0.5) is 5.69 Å². The van der Waals surface area contributed by atoms with E-state index in [1.807, 2.05) is 0 Å². The molecule has 0 unspecified atom stereocenters. The summed E-state index contributed by atoms with van der Waals surface area (Å²) in [6, 6.07) is 9.09. The molecule has 10 nitrogen and oxygen atoms in total. The number of carbonyl (C=O) groups is 2. The monoisotopic (exact) mass is 465 g/mol. The number of ether oxygens (including phenoxy) is 2. The number of nitro benzene ring substituents is 1. The van der Waals surface area contributed by atoms with Crippen LogP contribution in [-0.4, -0.2) is 41.8 Å². The number of carboxylic acid groups (broad SMARTS) is 1. The molecule has 0 fully saturated rings. The molecule has 2 rings (SSSR count). The van der Waals surface area contributed by atoms with Crippen LogP contribution in [0.2, 0.25) is 0 Å². The number of hydrazone groups is 1. The highest BCUT2D eigenvalue weighted by molar-refractivity contribution is 9.10. The van der Waals surface area contributed by atoms with Gasteiger partial charge in [0, 0.05) is 11.6 Å². The van der Waals surface area contributed by atoms with Crippen molar-refractivity contribution >= 4 is 39.7 Å². The summed E-state index contributed by atoms with van der Waals surface area (Å²) in [6.07, 6.45) is 1.13. The van der Waals surface area contributed by atoms with Crippen molar-refractivity contribution in [2.24, 2.45) is 5.10 Å². The summed E-state index contributed by atoms with van der Waals surface area (Å²) in [6.45, 7) is -0.538. The Bertz CT molecular complexity index is 962. The van der Waals surface area contributed by atoms with E-state index in [-0.39, 0.29) is 29.2 Å². The predicted molar refractivity (Wildman–Crippen MR) is 106 cm³/mol. The standard InChI is InChI=1S/C18H16BrN3O7/c1-28-15-7-11(6-13(19)18(15)29-10-17(24)25)9-20-21-16(23)8-12-4-2-3-5-14(12)22(26)27/h2-7,9H,8,10H2,1H3,(H,21,23)(H,24,25). The molecule has 0 saturated carbocycles. The summed E-state index contributed by atoms with van der Waals surface area (Å²) in [5, 5.41) is 23.5. The molecule has 152 valence electrons. The number of benzene rings is 2. The van der Waals surface area contributed by atoms with Gasteiger partial charge in [0.25, 0.3) is 5.69 Å². The Labute approximate surface area is 173 Å². The number of carboxylic acids is 1. The minimum Gasteiger partial charge on any atom is -0.493 e. The first-order chi connectivity index (χ1) is 13.8. The third-order valence-corrected chi connectivity index (χ3v) is 4.12. The molecule has 2 N–H and O–H groups in total. The lowest BCUT2D eigenvalue weighted by molar-refractivity contribution is -0.385. The molecule has 0 aromatic heterocycles. The van der Waals surface area contributed by atoms with Crippen molar-refractivity contribution in [2.75, 3.05) is 13.7 Å². The summed E-state index contributed by atoms with van der Waals surface area (Å²) >= 11 is 3.26. The van der Waals surface area contributed by atoms with Gasteiger partial charge in [0.1, 0.15) is 0 Å². The molecule has 0 radical (unpaired) electrons. The van der Waals surface area contributed by atoms with Gasteiger partial charge < -0.3 is 14.6 Å². The van der Waals surface area contributed by atoms with Gasteiger partial charge in [0.15, 0.2) is 18.1 Å². The minimum atomic E-state index is -1.13. The molecule has 2 aromatic carbocycles. The van der Waals surface area contributed by atoms with E-state index in [4.69, 9.17) is 14.6 Å². The number of aliphatic carboxylic acids is 1. The maximum Gasteiger partial charge on any atom is 0.341 e. The molecule has 0 spiro atoms. The number of para-hydroxylation sites is 1. The molecule has 0 aliphatic heterocycles. The quantitative estimate of drug-likeness (QED) is 0.329. The highest BCUT2D eigenvalue weighted by atomic mass is 79.9. The van der Waals surface area contributed by atoms with Gasteiger partial charge in [-0.25, -0.2) is 10.2 Å². The van der Waals surface area contributed by atoms with E-state index in [0.29, 0.717) is 10.0 Å². The van der Waals surface area contributed by atoms with Gasteiger partial charge in [-0.2, -0.15) is 5.10 Å². The Balaban J connectivity index is 2.06. The van der Waals surface area contributed by atoms with Crippen LogP contribution in [0.5, 0.6) is 11.5 Å². The zero-order valence-corrected chi connectivity index (χ0v) is 16.7. The molecule has 0 saturated heterocycles. The molecule has 2 aromatic rings. The lowest BCUT2D eigenvalue weighted by atomic mass is 10.1. The molecular formula is C18H16BrN3O7. The van der Waals surface area contributed by atoms with E-state index < -0.39 is 23.4 Å². The second-order valence-electron chi connectivity index (χ2n) is 5.57. The van der Waals surface area contributed by atoms with Crippen LogP contribution in [-0.2, 0) is 16.0 Å². The van der Waals surface area contributed by atoms with Crippen molar-refractivity contribution in [3.8, 4) is 11.5 Å². The first kappa shape index (κ1) is 21.8. The van der Waals surface area contributed by atoms with Crippen molar-refractivity contribution < 1.29 is 29.1 Å². The van der Waals surface area contributed by atoms with Crippen molar-refractivity contribution in [2.45, 2.75) is 6.42 Å². The van der Waals surface area contributed by atoms with Crippen LogP contribution in [0.25, 0.3) is 0 Å². The van der Waals surface area contributed by atoms with E-state index >= 15 is 0 Å². The zero-order valence-electron chi connectivity index (χ0n) is 15.1. The summed E-state index contributed by atoms with van der Waals surface area (Å²) in [5.41, 5.74) is 2.96. The first-order valence-electron chi connectivity index (χ1n) is 8.08. The van der Waals surface area contributed by atoms with Crippen LogP contribution in [0.15, 0.2) is 46.0 Å². The highest BCUT2D eigenvalue weighted by Crippen LogP contribution is 2.36. The molecule has 0 heterocycles.